The van der Waals surface area contributed by atoms with Crippen LogP contribution in [-0.2, 0) is 0 Å². The number of anilines is 2. The van der Waals surface area contributed by atoms with Crippen molar-refractivity contribution in [3.63, 3.8) is 0 Å². The molecule has 1 fully saturated rings. The standard InChI is InChI=1S/C26H32N6O3/c1-35-23-17-21(25(28)33)16-22(27)24(23)29-9-4-10-31-11-13-32(14-12-31)30-26(34)20-8-7-18-5-2-3-6-19(18)15-20/h2-3,5-8,15-17,29H,4,9-14,27H2,1H3,(H2,28,33)(H,30,34). The summed E-state index contributed by atoms with van der Waals surface area (Å²) in [6.45, 7) is 4.90. The Bertz CT molecular complexity index is 1210. The Hall–Kier alpha value is -3.82. The van der Waals surface area contributed by atoms with Crippen LogP contribution < -0.4 is 26.9 Å². The fraction of sp³-hybridized carbons (Fsp3) is 0.308. The van der Waals surface area contributed by atoms with Crippen molar-refractivity contribution in [3.8, 4) is 5.75 Å². The number of piperazine rings is 1. The van der Waals surface area contributed by atoms with E-state index in [1.165, 1.54) is 7.11 Å². The van der Waals surface area contributed by atoms with E-state index in [1.807, 2.05) is 47.5 Å². The second-order valence-corrected chi connectivity index (χ2v) is 8.62. The van der Waals surface area contributed by atoms with Crippen LogP contribution in [0.1, 0.15) is 27.1 Å². The number of fused-ring (bicyclic) bond motifs is 1. The van der Waals surface area contributed by atoms with Gasteiger partial charge < -0.3 is 26.4 Å². The van der Waals surface area contributed by atoms with Gasteiger partial charge >= 0.3 is 0 Å². The summed E-state index contributed by atoms with van der Waals surface area (Å²) in [5, 5.41) is 7.47. The van der Waals surface area contributed by atoms with Gasteiger partial charge in [0, 0.05) is 43.9 Å². The van der Waals surface area contributed by atoms with E-state index in [9.17, 15) is 9.59 Å². The fourth-order valence-electron chi connectivity index (χ4n) is 4.27. The normalized spacial score (nSPS) is 14.5. The molecule has 9 nitrogen and oxygen atoms in total. The molecule has 0 aliphatic carbocycles. The van der Waals surface area contributed by atoms with Crippen LogP contribution >= 0.6 is 0 Å². The third-order valence-corrected chi connectivity index (χ3v) is 6.23. The van der Waals surface area contributed by atoms with Crippen molar-refractivity contribution in [2.24, 2.45) is 5.73 Å². The predicted octanol–water partition coefficient (Wildman–Crippen LogP) is 2.29. The van der Waals surface area contributed by atoms with E-state index in [-0.39, 0.29) is 5.91 Å². The van der Waals surface area contributed by atoms with Crippen LogP contribution in [0, 0.1) is 0 Å². The average molecular weight is 477 g/mol. The zero-order chi connectivity index (χ0) is 24.8. The molecule has 0 aromatic heterocycles. The van der Waals surface area contributed by atoms with Gasteiger partial charge in [0.1, 0.15) is 11.4 Å². The molecule has 35 heavy (non-hydrogen) atoms. The SMILES string of the molecule is COc1cc(C(N)=O)cc(N)c1NCCCN1CCN(NC(=O)c2ccc3ccccc3c2)CC1. The Morgan fingerprint density at radius 3 is 2.43 bits per heavy atom. The molecular weight excluding hydrogens is 444 g/mol. The highest BCUT2D eigenvalue weighted by atomic mass is 16.5. The molecule has 6 N–H and O–H groups in total. The number of hydrogen-bond acceptors (Lipinski definition) is 7. The van der Waals surface area contributed by atoms with Crippen LogP contribution in [0.5, 0.6) is 5.75 Å². The van der Waals surface area contributed by atoms with Crippen LogP contribution in [0.3, 0.4) is 0 Å². The van der Waals surface area contributed by atoms with Crippen molar-refractivity contribution in [1.29, 1.82) is 0 Å². The molecule has 1 aliphatic heterocycles. The first-order chi connectivity index (χ1) is 16.9. The number of hydrazine groups is 1. The molecular formula is C26H32N6O3. The number of nitrogens with one attached hydrogen (secondary N) is 2. The first-order valence-electron chi connectivity index (χ1n) is 11.7. The number of ether oxygens (including phenoxy) is 1. The Morgan fingerprint density at radius 2 is 1.71 bits per heavy atom. The molecule has 4 rings (SSSR count). The number of nitrogens with zero attached hydrogens (tertiary/aromatic N) is 2. The van der Waals surface area contributed by atoms with Gasteiger partial charge in [-0.2, -0.15) is 0 Å². The molecule has 2 amide bonds. The first kappa shape index (κ1) is 24.3. The van der Waals surface area contributed by atoms with Crippen LogP contribution in [0.4, 0.5) is 11.4 Å². The molecule has 3 aromatic rings. The zero-order valence-corrected chi connectivity index (χ0v) is 19.9. The maximum Gasteiger partial charge on any atom is 0.265 e. The molecule has 0 bridgehead atoms. The summed E-state index contributed by atoms with van der Waals surface area (Å²) in [6, 6.07) is 16.9. The topological polar surface area (TPSA) is 126 Å². The molecule has 0 radical (unpaired) electrons. The van der Waals surface area contributed by atoms with Gasteiger partial charge in [-0.3, -0.25) is 15.0 Å². The zero-order valence-electron chi connectivity index (χ0n) is 19.9. The van der Waals surface area contributed by atoms with E-state index in [2.05, 4.69) is 15.6 Å². The van der Waals surface area contributed by atoms with Crippen molar-refractivity contribution in [1.82, 2.24) is 15.3 Å². The summed E-state index contributed by atoms with van der Waals surface area (Å²) >= 11 is 0. The molecule has 184 valence electrons. The van der Waals surface area contributed by atoms with Gasteiger partial charge in [0.15, 0.2) is 0 Å². The van der Waals surface area contributed by atoms with Crippen molar-refractivity contribution >= 4 is 34.0 Å². The van der Waals surface area contributed by atoms with Gasteiger partial charge in [0.25, 0.3) is 5.91 Å². The summed E-state index contributed by atoms with van der Waals surface area (Å²) in [5.74, 6) is -0.133. The van der Waals surface area contributed by atoms with E-state index < -0.39 is 5.91 Å². The second kappa shape index (κ2) is 11.1. The van der Waals surface area contributed by atoms with Gasteiger partial charge in [0.05, 0.1) is 12.8 Å². The molecule has 9 heteroatoms. The summed E-state index contributed by atoms with van der Waals surface area (Å²) in [5.41, 5.74) is 16.5. The number of nitrogens with two attached hydrogens (primary N) is 2. The third-order valence-electron chi connectivity index (χ3n) is 6.23. The molecule has 1 saturated heterocycles. The minimum atomic E-state index is -0.547. The molecule has 1 heterocycles. The van der Waals surface area contributed by atoms with E-state index in [1.54, 1.807) is 12.1 Å². The van der Waals surface area contributed by atoms with Gasteiger partial charge in [-0.25, -0.2) is 5.01 Å². The van der Waals surface area contributed by atoms with Crippen molar-refractivity contribution in [2.75, 3.05) is 57.4 Å². The van der Waals surface area contributed by atoms with Crippen molar-refractivity contribution < 1.29 is 14.3 Å². The van der Waals surface area contributed by atoms with Gasteiger partial charge in [-0.15, -0.1) is 0 Å². The third kappa shape index (κ3) is 6.00. The Morgan fingerprint density at radius 1 is 0.971 bits per heavy atom. The molecule has 1 aliphatic rings. The van der Waals surface area contributed by atoms with Crippen LogP contribution in [0.15, 0.2) is 54.6 Å². The van der Waals surface area contributed by atoms with Crippen LogP contribution in [0.25, 0.3) is 10.8 Å². The van der Waals surface area contributed by atoms with Crippen molar-refractivity contribution in [2.45, 2.75) is 6.42 Å². The lowest BCUT2D eigenvalue weighted by atomic mass is 10.1. The number of carbonyl (C=O) groups is 2. The molecule has 0 unspecified atom stereocenters. The average Bonchev–Trinajstić information content (AvgIpc) is 2.87. The number of methoxy groups -OCH3 is 1. The second-order valence-electron chi connectivity index (χ2n) is 8.62. The van der Waals surface area contributed by atoms with Crippen LogP contribution in [0.2, 0.25) is 0 Å². The molecule has 0 saturated carbocycles. The summed E-state index contributed by atoms with van der Waals surface area (Å²) < 4.78 is 5.36. The molecule has 0 spiro atoms. The highest BCUT2D eigenvalue weighted by molar-refractivity contribution is 5.98. The molecule has 0 atom stereocenters. The summed E-state index contributed by atoms with van der Waals surface area (Å²) in [6.07, 6.45) is 0.906. The van der Waals surface area contributed by atoms with Gasteiger partial charge in [-0.05, 0) is 48.0 Å². The number of rotatable bonds is 9. The predicted molar refractivity (Wildman–Crippen MR) is 138 cm³/mol. The largest absolute Gasteiger partial charge is 0.494 e. The minimum absolute atomic E-state index is 0.0812. The minimum Gasteiger partial charge on any atom is -0.494 e. The highest BCUT2D eigenvalue weighted by Crippen LogP contribution is 2.32. The van der Waals surface area contributed by atoms with E-state index in [0.717, 1.165) is 49.9 Å². The smallest absolute Gasteiger partial charge is 0.265 e. The lowest BCUT2D eigenvalue weighted by molar-refractivity contribution is 0.0619. The van der Waals surface area contributed by atoms with Crippen molar-refractivity contribution in [3.05, 3.63) is 65.7 Å². The quantitative estimate of drug-likeness (QED) is 0.276. The van der Waals surface area contributed by atoms with Gasteiger partial charge in [-0.1, -0.05) is 30.3 Å². The maximum absolute atomic E-state index is 12.7. The molecule has 3 aromatic carbocycles. The maximum atomic E-state index is 12.7. The Labute approximate surface area is 205 Å². The highest BCUT2D eigenvalue weighted by Gasteiger charge is 2.19. The number of primary amides is 1. The van der Waals surface area contributed by atoms with E-state index in [0.29, 0.717) is 34.8 Å². The Balaban J connectivity index is 1.20. The lowest BCUT2D eigenvalue weighted by Crippen LogP contribution is -2.53. The summed E-state index contributed by atoms with van der Waals surface area (Å²) in [4.78, 5) is 26.5. The number of amides is 2. The monoisotopic (exact) mass is 476 g/mol. The van der Waals surface area contributed by atoms with E-state index >= 15 is 0 Å². The van der Waals surface area contributed by atoms with E-state index in [4.69, 9.17) is 16.2 Å². The van der Waals surface area contributed by atoms with Gasteiger partial charge in [0.2, 0.25) is 5.91 Å². The van der Waals surface area contributed by atoms with Crippen LogP contribution in [-0.4, -0.2) is 68.1 Å². The Kier molecular flexibility index (Phi) is 7.69. The first-order valence-corrected chi connectivity index (χ1v) is 11.7. The number of carbonyl (C=O) groups excluding carboxylic acids is 2. The lowest BCUT2D eigenvalue weighted by Gasteiger charge is -2.34. The fourth-order valence-corrected chi connectivity index (χ4v) is 4.27. The number of nitrogen functional groups attached to an aromatic ring is 1. The number of hydrogen-bond donors (Lipinski definition) is 4. The summed E-state index contributed by atoms with van der Waals surface area (Å²) in [7, 11) is 1.53. The number of benzene rings is 3.